The Morgan fingerprint density at radius 3 is 2.43 bits per heavy atom. The first-order valence-corrected chi connectivity index (χ1v) is 5.49. The molecule has 0 aromatic rings. The Labute approximate surface area is 87.3 Å². The summed E-state index contributed by atoms with van der Waals surface area (Å²) < 4.78 is 0. The Morgan fingerprint density at radius 1 is 1.21 bits per heavy atom. The van der Waals surface area contributed by atoms with E-state index in [0.717, 1.165) is 25.7 Å². The molecule has 0 spiro atoms. The monoisotopic (exact) mass is 195 g/mol. The van der Waals surface area contributed by atoms with Crippen LogP contribution in [-0.4, -0.2) is 49.6 Å². The third-order valence-corrected chi connectivity index (χ3v) is 2.62. The highest BCUT2D eigenvalue weighted by atomic mass is 15.2. The molecule has 0 amide bonds. The Morgan fingerprint density at radius 2 is 1.93 bits per heavy atom. The highest BCUT2D eigenvalue weighted by molar-refractivity contribution is 4.86. The first kappa shape index (κ1) is 11.5. The quantitative estimate of drug-likeness (QED) is 0.613. The van der Waals surface area contributed by atoms with E-state index in [0.29, 0.717) is 6.42 Å². The van der Waals surface area contributed by atoms with Crippen molar-refractivity contribution in [2.24, 2.45) is 0 Å². The zero-order chi connectivity index (χ0) is 10.4. The van der Waals surface area contributed by atoms with Gasteiger partial charge in [-0.2, -0.15) is 5.26 Å². The third-order valence-electron chi connectivity index (χ3n) is 2.62. The Kier molecular flexibility index (Phi) is 4.92. The Hall–Kier alpha value is -0.590. The molecule has 1 rings (SSSR count). The lowest BCUT2D eigenvalue weighted by Gasteiger charge is -2.21. The first-order chi connectivity index (χ1) is 6.74. The van der Waals surface area contributed by atoms with Crippen LogP contribution in [0.4, 0.5) is 0 Å². The van der Waals surface area contributed by atoms with Crippen LogP contribution in [0.15, 0.2) is 0 Å². The zero-order valence-electron chi connectivity index (χ0n) is 9.37. The second-order valence-electron chi connectivity index (χ2n) is 4.33. The molecule has 0 heterocycles. The van der Waals surface area contributed by atoms with E-state index >= 15 is 0 Å². The molecule has 0 atom stereocenters. The van der Waals surface area contributed by atoms with Crippen molar-refractivity contribution in [3.8, 4) is 6.07 Å². The van der Waals surface area contributed by atoms with Gasteiger partial charge in [-0.05, 0) is 46.4 Å². The molecular formula is C11H21N3. The smallest absolute Gasteiger partial charge is 0.0635 e. The van der Waals surface area contributed by atoms with Gasteiger partial charge in [-0.1, -0.05) is 0 Å². The van der Waals surface area contributed by atoms with Crippen LogP contribution in [0.25, 0.3) is 0 Å². The van der Waals surface area contributed by atoms with E-state index in [4.69, 9.17) is 5.26 Å². The van der Waals surface area contributed by atoms with Crippen molar-refractivity contribution >= 4 is 0 Å². The van der Waals surface area contributed by atoms with Gasteiger partial charge in [0.2, 0.25) is 0 Å². The summed E-state index contributed by atoms with van der Waals surface area (Å²) in [6.45, 7) is 3.27. The molecule has 1 fully saturated rings. The molecule has 0 N–H and O–H groups in total. The van der Waals surface area contributed by atoms with Crippen molar-refractivity contribution in [3.05, 3.63) is 0 Å². The summed E-state index contributed by atoms with van der Waals surface area (Å²) in [5.74, 6) is 0. The van der Waals surface area contributed by atoms with Crippen molar-refractivity contribution in [1.29, 1.82) is 5.26 Å². The Balaban J connectivity index is 2.12. The van der Waals surface area contributed by atoms with Crippen molar-refractivity contribution in [3.63, 3.8) is 0 Å². The van der Waals surface area contributed by atoms with Gasteiger partial charge >= 0.3 is 0 Å². The second kappa shape index (κ2) is 6.00. The molecule has 80 valence electrons. The van der Waals surface area contributed by atoms with E-state index in [1.54, 1.807) is 0 Å². The molecule has 0 bridgehead atoms. The fourth-order valence-electron chi connectivity index (χ4n) is 1.70. The largest absolute Gasteiger partial charge is 0.309 e. The highest BCUT2D eigenvalue weighted by Gasteiger charge is 2.27. The predicted octanol–water partition coefficient (Wildman–Crippen LogP) is 1.32. The van der Waals surface area contributed by atoms with Gasteiger partial charge < -0.3 is 4.90 Å². The minimum atomic E-state index is 0.679. The molecule has 3 heteroatoms. The van der Waals surface area contributed by atoms with Crippen LogP contribution >= 0.6 is 0 Å². The maximum atomic E-state index is 8.55. The molecule has 0 unspecified atom stereocenters. The lowest BCUT2D eigenvalue weighted by molar-refractivity contribution is 0.251. The van der Waals surface area contributed by atoms with Gasteiger partial charge in [-0.25, -0.2) is 0 Å². The van der Waals surface area contributed by atoms with Gasteiger partial charge in [0.05, 0.1) is 6.07 Å². The molecule has 1 aliphatic rings. The maximum absolute atomic E-state index is 8.55. The maximum Gasteiger partial charge on any atom is 0.0635 e. The van der Waals surface area contributed by atoms with E-state index in [-0.39, 0.29) is 0 Å². The summed E-state index contributed by atoms with van der Waals surface area (Å²) in [7, 11) is 4.22. The van der Waals surface area contributed by atoms with Crippen LogP contribution in [-0.2, 0) is 0 Å². The van der Waals surface area contributed by atoms with Crippen LogP contribution in [0.2, 0.25) is 0 Å². The van der Waals surface area contributed by atoms with E-state index in [2.05, 4.69) is 30.0 Å². The first-order valence-electron chi connectivity index (χ1n) is 5.49. The Bertz CT molecular complexity index is 191. The van der Waals surface area contributed by atoms with Gasteiger partial charge in [0, 0.05) is 19.0 Å². The SMILES string of the molecule is CN(C)CCCN(CCC#N)C1CC1. The van der Waals surface area contributed by atoms with Crippen molar-refractivity contribution < 1.29 is 0 Å². The predicted molar refractivity (Wildman–Crippen MR) is 58.0 cm³/mol. The van der Waals surface area contributed by atoms with E-state index in [1.165, 1.54) is 19.3 Å². The number of hydrogen-bond donors (Lipinski definition) is 0. The molecule has 3 nitrogen and oxygen atoms in total. The molecule has 0 aliphatic heterocycles. The fraction of sp³-hybridized carbons (Fsp3) is 0.909. The van der Waals surface area contributed by atoms with Crippen LogP contribution in [0.1, 0.15) is 25.7 Å². The van der Waals surface area contributed by atoms with Crippen LogP contribution in [0.5, 0.6) is 0 Å². The van der Waals surface area contributed by atoms with E-state index in [1.807, 2.05) is 0 Å². The normalized spacial score (nSPS) is 16.2. The van der Waals surface area contributed by atoms with E-state index in [9.17, 15) is 0 Å². The van der Waals surface area contributed by atoms with Crippen LogP contribution in [0.3, 0.4) is 0 Å². The highest BCUT2D eigenvalue weighted by Crippen LogP contribution is 2.26. The minimum Gasteiger partial charge on any atom is -0.309 e. The molecule has 1 aliphatic carbocycles. The zero-order valence-corrected chi connectivity index (χ0v) is 9.37. The summed E-state index contributed by atoms with van der Waals surface area (Å²) in [5.41, 5.74) is 0. The van der Waals surface area contributed by atoms with Gasteiger partial charge in [-0.15, -0.1) is 0 Å². The lowest BCUT2D eigenvalue weighted by atomic mass is 10.3. The molecule has 0 radical (unpaired) electrons. The van der Waals surface area contributed by atoms with Gasteiger partial charge in [0.25, 0.3) is 0 Å². The third kappa shape index (κ3) is 4.59. The lowest BCUT2D eigenvalue weighted by Crippen LogP contribution is -2.30. The van der Waals surface area contributed by atoms with Gasteiger partial charge in [-0.3, -0.25) is 4.90 Å². The summed E-state index contributed by atoms with van der Waals surface area (Å²) in [5, 5.41) is 8.55. The molecular weight excluding hydrogens is 174 g/mol. The summed E-state index contributed by atoms with van der Waals surface area (Å²) in [4.78, 5) is 4.70. The van der Waals surface area contributed by atoms with E-state index < -0.39 is 0 Å². The molecule has 14 heavy (non-hydrogen) atoms. The average Bonchev–Trinajstić information content (AvgIpc) is 2.93. The van der Waals surface area contributed by atoms with Gasteiger partial charge in [0.1, 0.15) is 0 Å². The molecule has 0 aromatic carbocycles. The standard InChI is InChI=1S/C11H21N3/c1-13(2)8-4-10-14(9-3-7-12)11-5-6-11/h11H,3-6,8-10H2,1-2H3. The number of hydrogen-bond acceptors (Lipinski definition) is 3. The van der Waals surface area contributed by atoms with Crippen LogP contribution in [0, 0.1) is 11.3 Å². The summed E-state index contributed by atoms with van der Waals surface area (Å²) >= 11 is 0. The molecule has 1 saturated carbocycles. The van der Waals surface area contributed by atoms with Crippen molar-refractivity contribution in [2.45, 2.75) is 31.7 Å². The number of nitrogens with zero attached hydrogens (tertiary/aromatic N) is 3. The summed E-state index contributed by atoms with van der Waals surface area (Å²) in [6, 6.07) is 3.02. The van der Waals surface area contributed by atoms with Crippen molar-refractivity contribution in [1.82, 2.24) is 9.80 Å². The fourth-order valence-corrected chi connectivity index (χ4v) is 1.70. The summed E-state index contributed by atoms with van der Waals surface area (Å²) in [6.07, 6.45) is 4.58. The molecule has 0 saturated heterocycles. The number of nitriles is 1. The minimum absolute atomic E-state index is 0.679. The number of rotatable bonds is 7. The average molecular weight is 195 g/mol. The second-order valence-corrected chi connectivity index (χ2v) is 4.33. The van der Waals surface area contributed by atoms with Gasteiger partial charge in [0.15, 0.2) is 0 Å². The van der Waals surface area contributed by atoms with Crippen LogP contribution < -0.4 is 0 Å². The van der Waals surface area contributed by atoms with Crippen molar-refractivity contribution in [2.75, 3.05) is 33.7 Å². The molecule has 0 aromatic heterocycles. The topological polar surface area (TPSA) is 30.3 Å².